The van der Waals surface area contributed by atoms with Gasteiger partial charge in [0.15, 0.2) is 0 Å². The molecule has 0 aromatic rings. The Morgan fingerprint density at radius 3 is 2.72 bits per heavy atom. The second-order valence-electron chi connectivity index (χ2n) is 5.47. The highest BCUT2D eigenvalue weighted by molar-refractivity contribution is 5.84. The number of rotatable bonds is 5. The molecule has 0 aliphatic carbocycles. The van der Waals surface area contributed by atoms with Gasteiger partial charge in [0, 0.05) is 12.1 Å². The SMILES string of the molecule is CCCC[C@H](N)C(=O)N1C2CCC1C(C(=O)O)C2. The lowest BCUT2D eigenvalue weighted by atomic mass is 9.89. The summed E-state index contributed by atoms with van der Waals surface area (Å²) in [6, 6.07) is -0.468. The predicted octanol–water partition coefficient (Wildman–Crippen LogP) is 0.968. The van der Waals surface area contributed by atoms with Gasteiger partial charge in [-0.05, 0) is 25.7 Å². The van der Waals surface area contributed by atoms with Crippen LogP contribution in [-0.2, 0) is 9.59 Å². The number of amides is 1. The minimum Gasteiger partial charge on any atom is -0.481 e. The highest BCUT2D eigenvalue weighted by Gasteiger charge is 2.51. The van der Waals surface area contributed by atoms with E-state index in [0.717, 1.165) is 25.7 Å². The molecule has 5 nitrogen and oxygen atoms in total. The van der Waals surface area contributed by atoms with E-state index < -0.39 is 12.0 Å². The smallest absolute Gasteiger partial charge is 0.308 e. The molecule has 0 spiro atoms. The van der Waals surface area contributed by atoms with Gasteiger partial charge < -0.3 is 15.7 Å². The maximum Gasteiger partial charge on any atom is 0.308 e. The summed E-state index contributed by atoms with van der Waals surface area (Å²) < 4.78 is 0. The number of carboxylic acids is 1. The predicted molar refractivity (Wildman–Crippen MR) is 66.9 cm³/mol. The number of carbonyl (C=O) groups is 2. The normalized spacial score (nSPS) is 31.7. The molecule has 2 rings (SSSR count). The first kappa shape index (κ1) is 13.3. The van der Waals surface area contributed by atoms with Crippen LogP contribution in [0.25, 0.3) is 0 Å². The number of carboxylic acid groups (broad SMARTS) is 1. The zero-order valence-electron chi connectivity index (χ0n) is 10.8. The topological polar surface area (TPSA) is 83.6 Å². The number of aliphatic carboxylic acids is 1. The van der Waals surface area contributed by atoms with Crippen LogP contribution < -0.4 is 5.73 Å². The van der Waals surface area contributed by atoms with E-state index in [4.69, 9.17) is 10.8 Å². The van der Waals surface area contributed by atoms with Crippen molar-refractivity contribution in [2.24, 2.45) is 11.7 Å². The molecule has 2 heterocycles. The van der Waals surface area contributed by atoms with Crippen LogP contribution in [-0.4, -0.2) is 40.0 Å². The molecule has 1 amide bonds. The summed E-state index contributed by atoms with van der Waals surface area (Å²) in [6.45, 7) is 2.07. The third kappa shape index (κ3) is 2.23. The van der Waals surface area contributed by atoms with Gasteiger partial charge in [0.05, 0.1) is 12.0 Å². The quantitative estimate of drug-likeness (QED) is 0.765. The minimum atomic E-state index is -0.776. The molecular formula is C13H22N2O3. The molecule has 2 fully saturated rings. The number of hydrogen-bond acceptors (Lipinski definition) is 3. The monoisotopic (exact) mass is 254 g/mol. The fraction of sp³-hybridized carbons (Fsp3) is 0.846. The Labute approximate surface area is 107 Å². The molecule has 0 radical (unpaired) electrons. The van der Waals surface area contributed by atoms with Gasteiger partial charge in [-0.3, -0.25) is 9.59 Å². The standard InChI is InChI=1S/C13H22N2O3/c1-2-3-4-10(14)12(16)15-8-5-6-11(15)9(7-8)13(17)18/h8-11H,2-7,14H2,1H3,(H,17,18)/t8?,9?,10-,11?/m0/s1. The molecule has 3 N–H and O–H groups in total. The first-order chi connectivity index (χ1) is 8.56. The van der Waals surface area contributed by atoms with Crippen LogP contribution in [0.2, 0.25) is 0 Å². The van der Waals surface area contributed by atoms with Crippen molar-refractivity contribution in [1.29, 1.82) is 0 Å². The summed E-state index contributed by atoms with van der Waals surface area (Å²) in [7, 11) is 0. The van der Waals surface area contributed by atoms with Crippen LogP contribution in [0.15, 0.2) is 0 Å². The lowest BCUT2D eigenvalue weighted by Crippen LogP contribution is -2.47. The third-order valence-corrected chi connectivity index (χ3v) is 4.29. The molecule has 102 valence electrons. The molecule has 4 atom stereocenters. The molecule has 2 aliphatic heterocycles. The number of carbonyl (C=O) groups excluding carboxylic acids is 1. The van der Waals surface area contributed by atoms with E-state index in [2.05, 4.69) is 6.92 Å². The molecule has 2 bridgehead atoms. The van der Waals surface area contributed by atoms with E-state index in [9.17, 15) is 9.59 Å². The third-order valence-electron chi connectivity index (χ3n) is 4.29. The van der Waals surface area contributed by atoms with Gasteiger partial charge in [-0.25, -0.2) is 0 Å². The van der Waals surface area contributed by atoms with Gasteiger partial charge in [-0.15, -0.1) is 0 Å². The fourth-order valence-electron chi connectivity index (χ4n) is 3.34. The largest absolute Gasteiger partial charge is 0.481 e. The Kier molecular flexibility index (Phi) is 3.90. The summed E-state index contributed by atoms with van der Waals surface area (Å²) >= 11 is 0. The van der Waals surface area contributed by atoms with Crippen molar-refractivity contribution in [3.05, 3.63) is 0 Å². The summed E-state index contributed by atoms with van der Waals surface area (Å²) in [5.74, 6) is -1.20. The van der Waals surface area contributed by atoms with E-state index in [1.54, 1.807) is 4.90 Å². The number of nitrogens with two attached hydrogens (primary N) is 1. The Balaban J connectivity index is 2.01. The van der Waals surface area contributed by atoms with E-state index in [1.807, 2.05) is 0 Å². The van der Waals surface area contributed by atoms with Crippen molar-refractivity contribution < 1.29 is 14.7 Å². The van der Waals surface area contributed by atoms with Gasteiger partial charge in [-0.2, -0.15) is 0 Å². The molecular weight excluding hydrogens is 232 g/mol. The Hall–Kier alpha value is -1.10. The van der Waals surface area contributed by atoms with Gasteiger partial charge in [0.25, 0.3) is 0 Å². The summed E-state index contributed by atoms with van der Waals surface area (Å²) in [5.41, 5.74) is 5.92. The molecule has 5 heteroatoms. The molecule has 18 heavy (non-hydrogen) atoms. The number of nitrogens with zero attached hydrogens (tertiary/aromatic N) is 1. The van der Waals surface area contributed by atoms with Gasteiger partial charge in [0.1, 0.15) is 0 Å². The second-order valence-corrected chi connectivity index (χ2v) is 5.47. The van der Waals surface area contributed by atoms with Crippen molar-refractivity contribution in [3.63, 3.8) is 0 Å². The van der Waals surface area contributed by atoms with Gasteiger partial charge in [-0.1, -0.05) is 19.8 Å². The molecule has 3 unspecified atom stereocenters. The fourth-order valence-corrected chi connectivity index (χ4v) is 3.34. The van der Waals surface area contributed by atoms with Crippen LogP contribution in [0.5, 0.6) is 0 Å². The highest BCUT2D eigenvalue weighted by Crippen LogP contribution is 2.42. The van der Waals surface area contributed by atoms with Crippen LogP contribution >= 0.6 is 0 Å². The maximum absolute atomic E-state index is 12.3. The summed E-state index contributed by atoms with van der Waals surface area (Å²) in [6.07, 6.45) is 5.01. The zero-order valence-corrected chi connectivity index (χ0v) is 10.8. The molecule has 0 saturated carbocycles. The van der Waals surface area contributed by atoms with Gasteiger partial charge in [0.2, 0.25) is 5.91 Å². The average Bonchev–Trinajstić information content (AvgIpc) is 2.92. The van der Waals surface area contributed by atoms with E-state index >= 15 is 0 Å². The average molecular weight is 254 g/mol. The van der Waals surface area contributed by atoms with Gasteiger partial charge >= 0.3 is 5.97 Å². The van der Waals surface area contributed by atoms with Crippen molar-refractivity contribution in [1.82, 2.24) is 4.90 Å². The second kappa shape index (κ2) is 5.26. The Bertz CT molecular complexity index is 345. The number of fused-ring (bicyclic) bond motifs is 2. The number of unbranched alkanes of at least 4 members (excludes halogenated alkanes) is 1. The number of hydrogen-bond donors (Lipinski definition) is 2. The molecule has 2 saturated heterocycles. The minimum absolute atomic E-state index is 0.0419. The van der Waals surface area contributed by atoms with E-state index in [1.165, 1.54) is 0 Å². The molecule has 0 aromatic heterocycles. The van der Waals surface area contributed by atoms with E-state index in [0.29, 0.717) is 12.8 Å². The van der Waals surface area contributed by atoms with Crippen LogP contribution in [0.4, 0.5) is 0 Å². The van der Waals surface area contributed by atoms with Crippen LogP contribution in [0.3, 0.4) is 0 Å². The lowest BCUT2D eigenvalue weighted by molar-refractivity contribution is -0.143. The zero-order chi connectivity index (χ0) is 13.3. The van der Waals surface area contributed by atoms with Crippen molar-refractivity contribution in [3.8, 4) is 0 Å². The Morgan fingerprint density at radius 2 is 2.17 bits per heavy atom. The van der Waals surface area contributed by atoms with Crippen molar-refractivity contribution in [2.75, 3.05) is 0 Å². The first-order valence-corrected chi connectivity index (χ1v) is 6.86. The summed E-state index contributed by atoms with van der Waals surface area (Å²) in [4.78, 5) is 25.2. The summed E-state index contributed by atoms with van der Waals surface area (Å²) in [5, 5.41) is 9.15. The maximum atomic E-state index is 12.3. The molecule has 0 aromatic carbocycles. The van der Waals surface area contributed by atoms with E-state index in [-0.39, 0.29) is 23.9 Å². The Morgan fingerprint density at radius 1 is 1.44 bits per heavy atom. The molecule has 2 aliphatic rings. The van der Waals surface area contributed by atoms with Crippen molar-refractivity contribution >= 4 is 11.9 Å². The lowest BCUT2D eigenvalue weighted by Gasteiger charge is -2.26. The van der Waals surface area contributed by atoms with Crippen LogP contribution in [0.1, 0.15) is 45.4 Å². The first-order valence-electron chi connectivity index (χ1n) is 6.86. The highest BCUT2D eigenvalue weighted by atomic mass is 16.4. The van der Waals surface area contributed by atoms with Crippen molar-refractivity contribution in [2.45, 2.75) is 63.6 Å². The van der Waals surface area contributed by atoms with Crippen LogP contribution in [0, 0.1) is 5.92 Å².